The number of carbonyl (C=O) groups is 2. The van der Waals surface area contributed by atoms with Gasteiger partial charge in [0, 0.05) is 51.4 Å². The average Bonchev–Trinajstić information content (AvgIpc) is 3.47. The van der Waals surface area contributed by atoms with E-state index in [0.29, 0.717) is 13.1 Å². The summed E-state index contributed by atoms with van der Waals surface area (Å²) in [6, 6.07) is 15.9. The molecule has 142 valence electrons. The third-order valence-corrected chi connectivity index (χ3v) is 4.80. The molecule has 0 aromatic heterocycles. The van der Waals surface area contributed by atoms with Crippen LogP contribution in [-0.4, -0.2) is 30.8 Å². The largest absolute Gasteiger partial charge is 0.377 e. The molecule has 0 bridgehead atoms. The zero-order valence-corrected chi connectivity index (χ0v) is 16.2. The van der Waals surface area contributed by atoms with Crippen LogP contribution in [0.15, 0.2) is 48.5 Å². The minimum absolute atomic E-state index is 0.0241. The quantitative estimate of drug-likeness (QED) is 0.815. The van der Waals surface area contributed by atoms with Gasteiger partial charge in [-0.15, -0.1) is 0 Å². The van der Waals surface area contributed by atoms with Crippen LogP contribution in [0.25, 0.3) is 0 Å². The Kier molecular flexibility index (Phi) is 5.79. The summed E-state index contributed by atoms with van der Waals surface area (Å²) in [6.07, 6.45) is 1.95. The average molecular weight is 365 g/mol. The van der Waals surface area contributed by atoms with Gasteiger partial charge in [-0.25, -0.2) is 0 Å². The summed E-state index contributed by atoms with van der Waals surface area (Å²) >= 11 is 0. The van der Waals surface area contributed by atoms with Gasteiger partial charge in [0.25, 0.3) is 0 Å². The number of carbonyl (C=O) groups excluding carboxylic acids is 2. The fourth-order valence-corrected chi connectivity index (χ4v) is 3.10. The Morgan fingerprint density at radius 1 is 1.04 bits per heavy atom. The number of anilines is 2. The second kappa shape index (κ2) is 8.25. The minimum Gasteiger partial charge on any atom is -0.377 e. The Balaban J connectivity index is 1.82. The zero-order valence-electron chi connectivity index (χ0n) is 16.2. The lowest BCUT2D eigenvalue weighted by Crippen LogP contribution is -2.28. The molecule has 1 fully saturated rings. The summed E-state index contributed by atoms with van der Waals surface area (Å²) in [7, 11) is 3.97. The highest BCUT2D eigenvalue weighted by molar-refractivity contribution is 5.94. The summed E-state index contributed by atoms with van der Waals surface area (Å²) < 4.78 is 0. The Morgan fingerprint density at radius 3 is 2.33 bits per heavy atom. The lowest BCUT2D eigenvalue weighted by Gasteiger charge is -2.25. The van der Waals surface area contributed by atoms with Gasteiger partial charge in [0.1, 0.15) is 0 Å². The molecule has 1 aliphatic rings. The predicted molar refractivity (Wildman–Crippen MR) is 108 cm³/mol. The Morgan fingerprint density at radius 2 is 1.74 bits per heavy atom. The van der Waals surface area contributed by atoms with Crippen LogP contribution in [-0.2, 0) is 22.7 Å². The molecule has 0 unspecified atom stereocenters. The lowest BCUT2D eigenvalue weighted by atomic mass is 10.1. The van der Waals surface area contributed by atoms with Crippen molar-refractivity contribution in [3.05, 3.63) is 59.7 Å². The highest BCUT2D eigenvalue weighted by Crippen LogP contribution is 2.31. The first-order chi connectivity index (χ1) is 12.9. The van der Waals surface area contributed by atoms with Crippen molar-refractivity contribution in [3.63, 3.8) is 0 Å². The maximum Gasteiger partial charge on any atom is 0.227 e. The molecule has 5 nitrogen and oxygen atoms in total. The molecule has 1 N–H and O–H groups in total. The third-order valence-electron chi connectivity index (χ3n) is 4.80. The molecule has 2 aromatic rings. The summed E-state index contributed by atoms with van der Waals surface area (Å²) in [5.74, 6) is 0.274. The van der Waals surface area contributed by atoms with Gasteiger partial charge in [-0.1, -0.05) is 30.3 Å². The smallest absolute Gasteiger partial charge is 0.227 e. The second-order valence-corrected chi connectivity index (χ2v) is 7.36. The summed E-state index contributed by atoms with van der Waals surface area (Å²) in [6.45, 7) is 2.64. The van der Waals surface area contributed by atoms with Crippen LogP contribution in [0.4, 0.5) is 11.4 Å². The van der Waals surface area contributed by atoms with E-state index in [1.165, 1.54) is 0 Å². The number of amides is 2. The van der Waals surface area contributed by atoms with Crippen molar-refractivity contribution in [2.45, 2.75) is 32.9 Å². The van der Waals surface area contributed by atoms with Crippen molar-refractivity contribution in [2.24, 2.45) is 5.92 Å². The van der Waals surface area contributed by atoms with E-state index >= 15 is 0 Å². The number of hydrogen-bond acceptors (Lipinski definition) is 3. The molecule has 27 heavy (non-hydrogen) atoms. The van der Waals surface area contributed by atoms with E-state index in [0.717, 1.165) is 35.3 Å². The van der Waals surface area contributed by atoms with E-state index < -0.39 is 0 Å². The summed E-state index contributed by atoms with van der Waals surface area (Å²) in [4.78, 5) is 28.2. The SMILES string of the molecule is CC(=O)N(Cc1ccccc1)Cc1cc(NC(=O)C2CC2)ccc1N(C)C. The van der Waals surface area contributed by atoms with Gasteiger partial charge in [0.2, 0.25) is 11.8 Å². The molecule has 2 amide bonds. The fraction of sp³-hybridized carbons (Fsp3) is 0.364. The first kappa shape index (κ1) is 19.0. The molecule has 2 aromatic carbocycles. The normalized spacial score (nSPS) is 13.1. The van der Waals surface area contributed by atoms with Crippen molar-refractivity contribution >= 4 is 23.2 Å². The van der Waals surface area contributed by atoms with Crippen molar-refractivity contribution < 1.29 is 9.59 Å². The van der Waals surface area contributed by atoms with Crippen LogP contribution in [0.3, 0.4) is 0 Å². The first-order valence-electron chi connectivity index (χ1n) is 9.34. The van der Waals surface area contributed by atoms with Crippen LogP contribution >= 0.6 is 0 Å². The third kappa shape index (κ3) is 5.09. The maximum atomic E-state index is 12.2. The van der Waals surface area contributed by atoms with Gasteiger partial charge in [-0.3, -0.25) is 9.59 Å². The topological polar surface area (TPSA) is 52.7 Å². The van der Waals surface area contributed by atoms with Crippen molar-refractivity contribution in [1.29, 1.82) is 0 Å². The second-order valence-electron chi connectivity index (χ2n) is 7.36. The molecule has 0 saturated heterocycles. The highest BCUT2D eigenvalue weighted by atomic mass is 16.2. The van der Waals surface area contributed by atoms with E-state index in [1.54, 1.807) is 6.92 Å². The standard InChI is InChI=1S/C22H27N3O2/c1-16(26)25(14-17-7-5-4-6-8-17)15-19-13-20(11-12-21(19)24(2)3)23-22(27)18-9-10-18/h4-8,11-13,18H,9-10,14-15H2,1-3H3,(H,23,27). The molecule has 0 spiro atoms. The van der Waals surface area contributed by atoms with Crippen molar-refractivity contribution in [1.82, 2.24) is 4.90 Å². The number of rotatable bonds is 7. The first-order valence-corrected chi connectivity index (χ1v) is 9.34. The van der Waals surface area contributed by atoms with Crippen molar-refractivity contribution in [3.8, 4) is 0 Å². The van der Waals surface area contributed by atoms with Gasteiger partial charge in [0.15, 0.2) is 0 Å². The van der Waals surface area contributed by atoms with E-state index in [-0.39, 0.29) is 17.7 Å². The number of nitrogens with one attached hydrogen (secondary N) is 1. The molecule has 5 heteroatoms. The minimum atomic E-state index is 0.0241. The Labute approximate surface area is 161 Å². The molecule has 3 rings (SSSR count). The molecule has 0 heterocycles. The van der Waals surface area contributed by atoms with Crippen molar-refractivity contribution in [2.75, 3.05) is 24.3 Å². The monoisotopic (exact) mass is 365 g/mol. The van der Waals surface area contributed by atoms with Crippen LogP contribution in [0.2, 0.25) is 0 Å². The highest BCUT2D eigenvalue weighted by Gasteiger charge is 2.29. The number of benzene rings is 2. The predicted octanol–water partition coefficient (Wildman–Crippen LogP) is 3.65. The van der Waals surface area contributed by atoms with E-state index in [1.807, 2.05) is 72.4 Å². The van der Waals surface area contributed by atoms with Crippen LogP contribution in [0.1, 0.15) is 30.9 Å². The van der Waals surface area contributed by atoms with E-state index in [4.69, 9.17) is 0 Å². The van der Waals surface area contributed by atoms with E-state index in [9.17, 15) is 9.59 Å². The van der Waals surface area contributed by atoms with Crippen LogP contribution in [0.5, 0.6) is 0 Å². The Bertz CT molecular complexity index is 814. The maximum absolute atomic E-state index is 12.2. The van der Waals surface area contributed by atoms with Gasteiger partial charge >= 0.3 is 0 Å². The van der Waals surface area contributed by atoms with Gasteiger partial charge in [0.05, 0.1) is 0 Å². The zero-order chi connectivity index (χ0) is 19.4. The van der Waals surface area contributed by atoms with Gasteiger partial charge in [-0.05, 0) is 42.2 Å². The lowest BCUT2D eigenvalue weighted by molar-refractivity contribution is -0.130. The van der Waals surface area contributed by atoms with Crippen LogP contribution in [0, 0.1) is 5.92 Å². The molecular weight excluding hydrogens is 338 g/mol. The van der Waals surface area contributed by atoms with E-state index in [2.05, 4.69) is 5.32 Å². The number of hydrogen-bond donors (Lipinski definition) is 1. The number of nitrogens with zero attached hydrogens (tertiary/aromatic N) is 2. The van der Waals surface area contributed by atoms with Gasteiger partial charge in [-0.2, -0.15) is 0 Å². The van der Waals surface area contributed by atoms with Gasteiger partial charge < -0.3 is 15.1 Å². The molecule has 1 aliphatic carbocycles. The Hall–Kier alpha value is -2.82. The summed E-state index contributed by atoms with van der Waals surface area (Å²) in [5.41, 5.74) is 3.94. The molecule has 0 radical (unpaired) electrons. The summed E-state index contributed by atoms with van der Waals surface area (Å²) in [5, 5.41) is 3.00. The molecule has 0 atom stereocenters. The molecule has 1 saturated carbocycles. The molecular formula is C22H27N3O2. The molecule has 0 aliphatic heterocycles. The fourth-order valence-electron chi connectivity index (χ4n) is 3.10. The van der Waals surface area contributed by atoms with Crippen LogP contribution < -0.4 is 10.2 Å².